The van der Waals surface area contributed by atoms with E-state index in [9.17, 15) is 14.4 Å². The van der Waals surface area contributed by atoms with Crippen molar-refractivity contribution >= 4 is 16.8 Å². The highest BCUT2D eigenvalue weighted by atomic mass is 16.2. The fraction of sp³-hybridized carbons (Fsp3) is 0.286. The van der Waals surface area contributed by atoms with E-state index in [1.165, 1.54) is 4.57 Å². The van der Waals surface area contributed by atoms with Crippen LogP contribution < -0.4 is 16.6 Å². The molecular weight excluding hydrogens is 342 g/mol. The topological polar surface area (TPSA) is 73.1 Å². The van der Waals surface area contributed by atoms with Crippen LogP contribution in [0.3, 0.4) is 0 Å². The van der Waals surface area contributed by atoms with Crippen LogP contribution in [0, 0.1) is 6.92 Å². The third-order valence-corrected chi connectivity index (χ3v) is 4.63. The van der Waals surface area contributed by atoms with Gasteiger partial charge in [0.15, 0.2) is 0 Å². The summed E-state index contributed by atoms with van der Waals surface area (Å²) < 4.78 is 2.49. The summed E-state index contributed by atoms with van der Waals surface area (Å²) >= 11 is 0. The van der Waals surface area contributed by atoms with Crippen LogP contribution in [0.4, 0.5) is 0 Å². The molecule has 0 aliphatic heterocycles. The fourth-order valence-corrected chi connectivity index (χ4v) is 3.03. The van der Waals surface area contributed by atoms with Gasteiger partial charge >= 0.3 is 5.69 Å². The summed E-state index contributed by atoms with van der Waals surface area (Å²) in [4.78, 5) is 38.5. The van der Waals surface area contributed by atoms with Gasteiger partial charge in [0.2, 0.25) is 5.91 Å². The second-order valence-corrected chi connectivity index (χ2v) is 6.74. The third-order valence-electron chi connectivity index (χ3n) is 4.63. The van der Waals surface area contributed by atoms with E-state index in [1.807, 2.05) is 26.8 Å². The summed E-state index contributed by atoms with van der Waals surface area (Å²) in [5, 5.41) is 3.26. The van der Waals surface area contributed by atoms with Gasteiger partial charge in [-0.3, -0.25) is 14.2 Å². The van der Waals surface area contributed by atoms with Crippen molar-refractivity contribution in [1.29, 1.82) is 0 Å². The lowest BCUT2D eigenvalue weighted by molar-refractivity contribution is -0.122. The fourth-order valence-electron chi connectivity index (χ4n) is 3.03. The van der Waals surface area contributed by atoms with Gasteiger partial charge in [-0.2, -0.15) is 0 Å². The molecule has 0 bridgehead atoms. The average Bonchev–Trinajstić information content (AvgIpc) is 2.65. The molecule has 0 aliphatic rings. The number of nitrogens with one attached hydrogen (secondary N) is 1. The molecule has 0 radical (unpaired) electrons. The van der Waals surface area contributed by atoms with Gasteiger partial charge in [0.25, 0.3) is 5.56 Å². The minimum Gasteiger partial charge on any atom is -0.352 e. The predicted molar refractivity (Wildman–Crippen MR) is 106 cm³/mol. The Balaban J connectivity index is 2.22. The number of rotatable bonds is 5. The molecule has 0 saturated carbocycles. The molecule has 0 saturated heterocycles. The van der Waals surface area contributed by atoms with E-state index in [4.69, 9.17) is 0 Å². The molecule has 27 heavy (non-hydrogen) atoms. The normalized spacial score (nSPS) is 12.1. The van der Waals surface area contributed by atoms with Gasteiger partial charge in [-0.25, -0.2) is 9.36 Å². The molecule has 0 fully saturated rings. The maximum atomic E-state index is 13.2. The smallest absolute Gasteiger partial charge is 0.336 e. The molecule has 1 atom stereocenters. The van der Waals surface area contributed by atoms with Crippen LogP contribution in [-0.2, 0) is 11.3 Å². The van der Waals surface area contributed by atoms with Gasteiger partial charge in [-0.15, -0.1) is 0 Å². The number of fused-ring (bicyclic) bond motifs is 1. The van der Waals surface area contributed by atoms with Crippen LogP contribution in [0.15, 0.2) is 58.1 Å². The zero-order chi connectivity index (χ0) is 19.6. The maximum absolute atomic E-state index is 13.2. The standard InChI is InChI=1S/C21H23N3O3/c1-4-15(3)22-19(25)13-23-18-11-6-5-10-17(18)20(26)24(21(23)27)16-9-7-8-14(2)12-16/h5-12,15H,4,13H2,1-3H3,(H,22,25)/t15-/m1/s1. The Morgan fingerprint density at radius 1 is 1.11 bits per heavy atom. The van der Waals surface area contributed by atoms with Gasteiger partial charge in [0, 0.05) is 6.04 Å². The molecule has 6 nitrogen and oxygen atoms in total. The second-order valence-electron chi connectivity index (χ2n) is 6.74. The number of para-hydroxylation sites is 1. The van der Waals surface area contributed by atoms with Crippen molar-refractivity contribution in [1.82, 2.24) is 14.5 Å². The molecule has 0 spiro atoms. The maximum Gasteiger partial charge on any atom is 0.336 e. The van der Waals surface area contributed by atoms with E-state index in [0.717, 1.165) is 16.6 Å². The molecule has 1 N–H and O–H groups in total. The summed E-state index contributed by atoms with van der Waals surface area (Å²) in [6, 6.07) is 14.1. The number of aromatic nitrogens is 2. The lowest BCUT2D eigenvalue weighted by Gasteiger charge is -2.16. The van der Waals surface area contributed by atoms with Gasteiger partial charge in [0.1, 0.15) is 6.54 Å². The van der Waals surface area contributed by atoms with Crippen LogP contribution >= 0.6 is 0 Å². The molecule has 2 aromatic carbocycles. The van der Waals surface area contributed by atoms with E-state index >= 15 is 0 Å². The SMILES string of the molecule is CC[C@@H](C)NC(=O)Cn1c(=O)n(-c2cccc(C)c2)c(=O)c2ccccc21. The summed E-state index contributed by atoms with van der Waals surface area (Å²) in [5.41, 5.74) is 0.971. The summed E-state index contributed by atoms with van der Waals surface area (Å²) in [5.74, 6) is -0.258. The Hall–Kier alpha value is -3.15. The number of carbonyl (C=O) groups is 1. The second kappa shape index (κ2) is 7.61. The van der Waals surface area contributed by atoms with E-state index in [1.54, 1.807) is 42.5 Å². The number of benzene rings is 2. The highest BCUT2D eigenvalue weighted by Crippen LogP contribution is 2.11. The van der Waals surface area contributed by atoms with Gasteiger partial charge < -0.3 is 5.32 Å². The molecule has 3 rings (SSSR count). The first-order valence-electron chi connectivity index (χ1n) is 9.03. The Kier molecular flexibility index (Phi) is 5.26. The monoisotopic (exact) mass is 365 g/mol. The van der Waals surface area contributed by atoms with E-state index in [-0.39, 0.29) is 24.1 Å². The Morgan fingerprint density at radius 3 is 2.56 bits per heavy atom. The highest BCUT2D eigenvalue weighted by Gasteiger charge is 2.17. The number of hydrogen-bond acceptors (Lipinski definition) is 3. The van der Waals surface area contributed by atoms with Crippen molar-refractivity contribution in [3.63, 3.8) is 0 Å². The van der Waals surface area contributed by atoms with Crippen LogP contribution in [-0.4, -0.2) is 21.1 Å². The summed E-state index contributed by atoms with van der Waals surface area (Å²) in [7, 11) is 0. The van der Waals surface area contributed by atoms with Gasteiger partial charge in [0.05, 0.1) is 16.6 Å². The lowest BCUT2D eigenvalue weighted by atomic mass is 10.2. The molecule has 140 valence electrons. The number of aryl methyl sites for hydroxylation is 1. The Labute approximate surface area is 157 Å². The molecule has 0 aliphatic carbocycles. The zero-order valence-electron chi connectivity index (χ0n) is 15.7. The molecule has 0 unspecified atom stereocenters. The zero-order valence-corrected chi connectivity index (χ0v) is 15.7. The Morgan fingerprint density at radius 2 is 1.85 bits per heavy atom. The van der Waals surface area contributed by atoms with Crippen molar-refractivity contribution < 1.29 is 4.79 Å². The third kappa shape index (κ3) is 3.69. The molecular formula is C21H23N3O3. The first-order valence-corrected chi connectivity index (χ1v) is 9.03. The van der Waals surface area contributed by atoms with E-state index in [0.29, 0.717) is 16.6 Å². The van der Waals surface area contributed by atoms with E-state index < -0.39 is 5.69 Å². The molecule has 1 amide bonds. The Bertz CT molecular complexity index is 1110. The minimum atomic E-state index is -0.524. The molecule has 1 aromatic heterocycles. The summed E-state index contributed by atoms with van der Waals surface area (Å²) in [6.45, 7) is 5.64. The van der Waals surface area contributed by atoms with Crippen LogP contribution in [0.25, 0.3) is 16.6 Å². The van der Waals surface area contributed by atoms with E-state index in [2.05, 4.69) is 5.32 Å². The van der Waals surface area contributed by atoms with Crippen LogP contribution in [0.1, 0.15) is 25.8 Å². The average molecular weight is 365 g/mol. The van der Waals surface area contributed by atoms with Crippen molar-refractivity contribution in [3.05, 3.63) is 74.9 Å². The number of hydrogen-bond donors (Lipinski definition) is 1. The van der Waals surface area contributed by atoms with Crippen molar-refractivity contribution in [2.45, 2.75) is 39.8 Å². The predicted octanol–water partition coefficient (Wildman–Crippen LogP) is 2.38. The summed E-state index contributed by atoms with van der Waals surface area (Å²) in [6.07, 6.45) is 0.796. The number of amides is 1. The number of carbonyl (C=O) groups excluding carboxylic acids is 1. The van der Waals surface area contributed by atoms with Crippen LogP contribution in [0.2, 0.25) is 0 Å². The van der Waals surface area contributed by atoms with Crippen molar-refractivity contribution in [2.24, 2.45) is 0 Å². The van der Waals surface area contributed by atoms with Crippen LogP contribution in [0.5, 0.6) is 0 Å². The molecule has 3 aromatic rings. The van der Waals surface area contributed by atoms with Crippen molar-refractivity contribution in [3.8, 4) is 5.69 Å². The number of nitrogens with zero attached hydrogens (tertiary/aromatic N) is 2. The van der Waals surface area contributed by atoms with Gasteiger partial charge in [-0.05, 0) is 50.1 Å². The minimum absolute atomic E-state index is 0.0159. The van der Waals surface area contributed by atoms with Gasteiger partial charge in [-0.1, -0.05) is 31.2 Å². The molecule has 1 heterocycles. The van der Waals surface area contributed by atoms with Crippen molar-refractivity contribution in [2.75, 3.05) is 0 Å². The molecule has 6 heteroatoms. The first-order chi connectivity index (χ1) is 12.9. The quantitative estimate of drug-likeness (QED) is 0.754. The lowest BCUT2D eigenvalue weighted by Crippen LogP contribution is -2.43. The largest absolute Gasteiger partial charge is 0.352 e. The first kappa shape index (κ1) is 18.6. The highest BCUT2D eigenvalue weighted by molar-refractivity contribution is 5.82.